The zero-order valence-corrected chi connectivity index (χ0v) is 10.4. The van der Waals surface area contributed by atoms with Crippen molar-refractivity contribution in [2.75, 3.05) is 6.54 Å². The monoisotopic (exact) mass is 214 g/mol. The normalized spacial score (nSPS) is 12.2. The third-order valence-corrected chi connectivity index (χ3v) is 2.40. The molecule has 0 rings (SSSR count). The van der Waals surface area contributed by atoms with Crippen LogP contribution in [-0.2, 0) is 0 Å². The average molecular weight is 214 g/mol. The van der Waals surface area contributed by atoms with Gasteiger partial charge >= 0.3 is 6.03 Å². The Kier molecular flexibility index (Phi) is 9.33. The van der Waals surface area contributed by atoms with Gasteiger partial charge in [-0.2, -0.15) is 0 Å². The summed E-state index contributed by atoms with van der Waals surface area (Å²) >= 11 is 0. The van der Waals surface area contributed by atoms with Crippen LogP contribution in [0.2, 0.25) is 0 Å². The number of hydrogen-bond donors (Lipinski definition) is 2. The Labute approximate surface area is 94.0 Å². The number of carbonyl (C=O) groups excluding carboxylic acids is 1. The van der Waals surface area contributed by atoms with Crippen LogP contribution in [0.5, 0.6) is 0 Å². The molecule has 0 fully saturated rings. The Balaban J connectivity index is 3.38. The summed E-state index contributed by atoms with van der Waals surface area (Å²) in [5.41, 5.74) is 0. The van der Waals surface area contributed by atoms with Gasteiger partial charge in [-0.1, -0.05) is 39.5 Å². The van der Waals surface area contributed by atoms with Gasteiger partial charge in [-0.25, -0.2) is 4.79 Å². The molecule has 90 valence electrons. The molecule has 1 atom stereocenters. The van der Waals surface area contributed by atoms with Crippen LogP contribution in [0, 0.1) is 0 Å². The molecule has 3 heteroatoms. The minimum Gasteiger partial charge on any atom is -0.338 e. The fourth-order valence-corrected chi connectivity index (χ4v) is 1.46. The quantitative estimate of drug-likeness (QED) is 0.599. The molecule has 0 aliphatic rings. The highest BCUT2D eigenvalue weighted by atomic mass is 16.2. The fourth-order valence-electron chi connectivity index (χ4n) is 1.46. The molecule has 0 radical (unpaired) electrons. The van der Waals surface area contributed by atoms with Crippen LogP contribution in [0.1, 0.15) is 59.3 Å². The van der Waals surface area contributed by atoms with Crippen molar-refractivity contribution in [1.82, 2.24) is 10.6 Å². The van der Waals surface area contributed by atoms with E-state index >= 15 is 0 Å². The fraction of sp³-hybridized carbons (Fsp3) is 0.917. The van der Waals surface area contributed by atoms with Crippen molar-refractivity contribution >= 4 is 6.03 Å². The van der Waals surface area contributed by atoms with Crippen LogP contribution < -0.4 is 10.6 Å². The first-order valence-electron chi connectivity index (χ1n) is 6.25. The molecule has 0 aromatic heterocycles. The van der Waals surface area contributed by atoms with Crippen molar-refractivity contribution in [2.45, 2.75) is 65.3 Å². The minimum atomic E-state index is -0.0279. The lowest BCUT2D eigenvalue weighted by atomic mass is 10.1. The van der Waals surface area contributed by atoms with Crippen molar-refractivity contribution in [2.24, 2.45) is 0 Å². The second-order valence-electron chi connectivity index (χ2n) is 4.15. The van der Waals surface area contributed by atoms with E-state index in [1.165, 1.54) is 25.7 Å². The zero-order valence-electron chi connectivity index (χ0n) is 10.4. The van der Waals surface area contributed by atoms with Crippen LogP contribution in [0.3, 0.4) is 0 Å². The maximum Gasteiger partial charge on any atom is 0.314 e. The summed E-state index contributed by atoms with van der Waals surface area (Å²) in [6.45, 7) is 7.08. The maximum atomic E-state index is 11.3. The van der Waals surface area contributed by atoms with Crippen LogP contribution in [0.15, 0.2) is 0 Å². The van der Waals surface area contributed by atoms with Gasteiger partial charge in [0.05, 0.1) is 0 Å². The number of carbonyl (C=O) groups is 1. The van der Waals surface area contributed by atoms with Crippen molar-refractivity contribution < 1.29 is 4.79 Å². The van der Waals surface area contributed by atoms with Gasteiger partial charge in [0.2, 0.25) is 0 Å². The van der Waals surface area contributed by atoms with Crippen molar-refractivity contribution in [1.29, 1.82) is 0 Å². The van der Waals surface area contributed by atoms with Gasteiger partial charge in [0.15, 0.2) is 0 Å². The van der Waals surface area contributed by atoms with Crippen LogP contribution >= 0.6 is 0 Å². The third kappa shape index (κ3) is 9.57. The molecule has 0 saturated carbocycles. The van der Waals surface area contributed by atoms with Gasteiger partial charge in [0, 0.05) is 12.6 Å². The van der Waals surface area contributed by atoms with Gasteiger partial charge in [-0.15, -0.1) is 0 Å². The lowest BCUT2D eigenvalue weighted by Gasteiger charge is -2.14. The number of rotatable bonds is 8. The molecular weight excluding hydrogens is 188 g/mol. The molecule has 1 unspecified atom stereocenters. The van der Waals surface area contributed by atoms with Crippen molar-refractivity contribution in [3.8, 4) is 0 Å². The smallest absolute Gasteiger partial charge is 0.314 e. The van der Waals surface area contributed by atoms with Gasteiger partial charge in [0.1, 0.15) is 0 Å². The van der Waals surface area contributed by atoms with Gasteiger partial charge in [-0.3, -0.25) is 0 Å². The van der Waals surface area contributed by atoms with E-state index in [1.807, 2.05) is 0 Å². The maximum absolute atomic E-state index is 11.3. The van der Waals surface area contributed by atoms with Crippen LogP contribution in [0.4, 0.5) is 4.79 Å². The van der Waals surface area contributed by atoms with E-state index in [0.29, 0.717) is 6.04 Å². The van der Waals surface area contributed by atoms with Gasteiger partial charge in [0.25, 0.3) is 0 Å². The Morgan fingerprint density at radius 3 is 2.47 bits per heavy atom. The molecule has 2 N–H and O–H groups in total. The first-order valence-corrected chi connectivity index (χ1v) is 6.25. The Morgan fingerprint density at radius 1 is 1.13 bits per heavy atom. The molecular formula is C12H26N2O. The Hall–Kier alpha value is -0.730. The number of hydrogen-bond acceptors (Lipinski definition) is 1. The van der Waals surface area contributed by atoms with Crippen molar-refractivity contribution in [3.63, 3.8) is 0 Å². The predicted octanol–water partition coefficient (Wildman–Crippen LogP) is 3.05. The van der Waals surface area contributed by atoms with E-state index in [0.717, 1.165) is 19.4 Å². The average Bonchev–Trinajstić information content (AvgIpc) is 2.21. The Morgan fingerprint density at radius 2 is 1.87 bits per heavy atom. The molecule has 0 heterocycles. The number of urea groups is 1. The minimum absolute atomic E-state index is 0.0279. The van der Waals surface area contributed by atoms with Gasteiger partial charge in [-0.05, 0) is 19.8 Å². The summed E-state index contributed by atoms with van der Waals surface area (Å²) < 4.78 is 0. The second-order valence-corrected chi connectivity index (χ2v) is 4.15. The van der Waals surface area contributed by atoms with E-state index in [4.69, 9.17) is 0 Å². The molecule has 0 aromatic carbocycles. The number of nitrogens with one attached hydrogen (secondary N) is 2. The lowest BCUT2D eigenvalue weighted by Crippen LogP contribution is -2.40. The first kappa shape index (κ1) is 14.3. The highest BCUT2D eigenvalue weighted by Gasteiger charge is 2.05. The molecule has 0 bridgehead atoms. The summed E-state index contributed by atoms with van der Waals surface area (Å²) in [5, 5.41) is 5.76. The summed E-state index contributed by atoms with van der Waals surface area (Å²) in [4.78, 5) is 11.3. The number of amides is 2. The van der Waals surface area contributed by atoms with E-state index < -0.39 is 0 Å². The Bertz CT molecular complexity index is 160. The molecule has 3 nitrogen and oxygen atoms in total. The second kappa shape index (κ2) is 9.81. The van der Waals surface area contributed by atoms with E-state index in [2.05, 4.69) is 31.4 Å². The highest BCUT2D eigenvalue weighted by molar-refractivity contribution is 5.74. The summed E-state index contributed by atoms with van der Waals surface area (Å²) in [6, 6.07) is 0.263. The van der Waals surface area contributed by atoms with Crippen LogP contribution in [0.25, 0.3) is 0 Å². The van der Waals surface area contributed by atoms with E-state index in [1.54, 1.807) is 0 Å². The molecule has 0 saturated heterocycles. The molecule has 0 spiro atoms. The summed E-state index contributed by atoms with van der Waals surface area (Å²) in [5.74, 6) is 0. The molecule has 0 aliphatic heterocycles. The highest BCUT2D eigenvalue weighted by Crippen LogP contribution is 2.04. The predicted molar refractivity (Wildman–Crippen MR) is 65.0 cm³/mol. The van der Waals surface area contributed by atoms with E-state index in [9.17, 15) is 4.79 Å². The first-order chi connectivity index (χ1) is 7.20. The van der Waals surface area contributed by atoms with Crippen molar-refractivity contribution in [3.05, 3.63) is 0 Å². The topological polar surface area (TPSA) is 41.1 Å². The van der Waals surface area contributed by atoms with E-state index in [-0.39, 0.29) is 6.03 Å². The standard InChI is InChI=1S/C12H26N2O/c1-4-6-7-8-9-11(3)14-12(15)13-10-5-2/h11H,4-10H2,1-3H3,(H2,13,14,15). The van der Waals surface area contributed by atoms with Gasteiger partial charge < -0.3 is 10.6 Å². The van der Waals surface area contributed by atoms with Crippen LogP contribution in [-0.4, -0.2) is 18.6 Å². The SMILES string of the molecule is CCCCCCC(C)NC(=O)NCCC. The molecule has 0 aromatic rings. The number of unbranched alkanes of at least 4 members (excludes halogenated alkanes) is 3. The molecule has 0 aliphatic carbocycles. The lowest BCUT2D eigenvalue weighted by molar-refractivity contribution is 0.237. The summed E-state index contributed by atoms with van der Waals surface area (Å²) in [7, 11) is 0. The largest absolute Gasteiger partial charge is 0.338 e. The molecule has 2 amide bonds. The third-order valence-electron chi connectivity index (χ3n) is 2.40. The molecule has 15 heavy (non-hydrogen) atoms. The summed E-state index contributed by atoms with van der Waals surface area (Å²) in [6.07, 6.45) is 7.12. The zero-order chi connectivity index (χ0) is 11.5.